The van der Waals surface area contributed by atoms with Crippen LogP contribution in [0.1, 0.15) is 24.0 Å². The Morgan fingerprint density at radius 3 is 2.60 bits per heavy atom. The Bertz CT molecular complexity index is 910. The highest BCUT2D eigenvalue weighted by atomic mass is 19.1. The summed E-state index contributed by atoms with van der Waals surface area (Å²) in [6, 6.07) is 14.6. The highest BCUT2D eigenvalue weighted by Crippen LogP contribution is 2.48. The number of carbonyl (C=O) groups is 1. The molecule has 0 radical (unpaired) electrons. The second kappa shape index (κ2) is 9.61. The van der Waals surface area contributed by atoms with Crippen molar-refractivity contribution in [3.63, 3.8) is 0 Å². The van der Waals surface area contributed by atoms with E-state index >= 15 is 0 Å². The number of carbonyl (C=O) groups excluding carboxylic acids is 1. The summed E-state index contributed by atoms with van der Waals surface area (Å²) in [5.41, 5.74) is 1.61. The molecule has 0 aromatic heterocycles. The lowest BCUT2D eigenvalue weighted by Gasteiger charge is -2.19. The number of guanidine groups is 1. The van der Waals surface area contributed by atoms with Crippen molar-refractivity contribution < 1.29 is 13.9 Å². The van der Waals surface area contributed by atoms with Gasteiger partial charge in [0.2, 0.25) is 0 Å². The van der Waals surface area contributed by atoms with E-state index in [0.29, 0.717) is 24.8 Å². The maximum absolute atomic E-state index is 14.2. The molecule has 0 aliphatic heterocycles. The first-order valence-corrected chi connectivity index (χ1v) is 10.0. The van der Waals surface area contributed by atoms with Crippen LogP contribution in [-0.2, 0) is 16.8 Å². The van der Waals surface area contributed by atoms with Crippen LogP contribution in [0.2, 0.25) is 0 Å². The number of amides is 1. The maximum atomic E-state index is 14.2. The van der Waals surface area contributed by atoms with Crippen LogP contribution >= 0.6 is 0 Å². The lowest BCUT2D eigenvalue weighted by molar-refractivity contribution is -0.130. The minimum absolute atomic E-state index is 0.00519. The molecule has 1 fully saturated rings. The Balaban J connectivity index is 1.52. The van der Waals surface area contributed by atoms with Crippen molar-refractivity contribution in [2.45, 2.75) is 24.8 Å². The molecular formula is C23H29FN4O2. The average Bonchev–Trinajstić information content (AvgIpc) is 3.53. The van der Waals surface area contributed by atoms with Crippen LogP contribution < -0.4 is 15.4 Å². The van der Waals surface area contributed by atoms with Gasteiger partial charge >= 0.3 is 0 Å². The molecule has 0 unspecified atom stereocenters. The second-order valence-electron chi connectivity index (χ2n) is 7.76. The largest absolute Gasteiger partial charge is 0.484 e. The Morgan fingerprint density at radius 2 is 1.93 bits per heavy atom. The summed E-state index contributed by atoms with van der Waals surface area (Å²) in [6.07, 6.45) is 1.92. The Kier molecular flexibility index (Phi) is 6.92. The molecule has 0 atom stereocenters. The van der Waals surface area contributed by atoms with Crippen molar-refractivity contribution in [1.29, 1.82) is 0 Å². The molecule has 160 valence electrons. The number of aliphatic imine (C=N–C) groups is 1. The van der Waals surface area contributed by atoms with E-state index in [1.807, 2.05) is 36.4 Å². The molecule has 0 heterocycles. The van der Waals surface area contributed by atoms with Crippen molar-refractivity contribution in [2.24, 2.45) is 4.99 Å². The van der Waals surface area contributed by atoms with Crippen LogP contribution in [0.5, 0.6) is 5.75 Å². The Morgan fingerprint density at radius 1 is 1.17 bits per heavy atom. The normalized spacial score (nSPS) is 14.7. The summed E-state index contributed by atoms with van der Waals surface area (Å²) >= 11 is 0. The molecule has 3 rings (SSSR count). The number of nitrogens with one attached hydrogen (secondary N) is 2. The van der Waals surface area contributed by atoms with E-state index in [4.69, 9.17) is 4.74 Å². The number of nitrogens with zero attached hydrogens (tertiary/aromatic N) is 2. The molecule has 1 aliphatic rings. The van der Waals surface area contributed by atoms with Crippen molar-refractivity contribution in [2.75, 3.05) is 34.3 Å². The molecule has 6 nitrogen and oxygen atoms in total. The summed E-state index contributed by atoms with van der Waals surface area (Å²) in [7, 11) is 5.11. The fourth-order valence-electron chi connectivity index (χ4n) is 3.26. The molecule has 1 amide bonds. The number of rotatable bonds is 8. The summed E-state index contributed by atoms with van der Waals surface area (Å²) in [5, 5.41) is 6.60. The summed E-state index contributed by atoms with van der Waals surface area (Å²) in [5.74, 6) is 1.06. The highest BCUT2D eigenvalue weighted by Gasteiger charge is 2.45. The summed E-state index contributed by atoms with van der Waals surface area (Å²) in [6.45, 7) is 1.18. The van der Waals surface area contributed by atoms with Crippen LogP contribution in [0.4, 0.5) is 4.39 Å². The fourth-order valence-corrected chi connectivity index (χ4v) is 3.26. The molecule has 2 N–H and O–H groups in total. The number of likely N-dealkylation sites (N-methyl/N-ethyl adjacent to an activating group) is 1. The lowest BCUT2D eigenvalue weighted by atomic mass is 9.95. The maximum Gasteiger partial charge on any atom is 0.259 e. The van der Waals surface area contributed by atoms with Gasteiger partial charge in [-0.25, -0.2) is 4.39 Å². The lowest BCUT2D eigenvalue weighted by Crippen LogP contribution is -2.41. The molecular weight excluding hydrogens is 383 g/mol. The molecule has 30 heavy (non-hydrogen) atoms. The van der Waals surface area contributed by atoms with Crippen LogP contribution in [0.15, 0.2) is 53.5 Å². The Labute approximate surface area is 177 Å². The summed E-state index contributed by atoms with van der Waals surface area (Å²) in [4.78, 5) is 17.4. The topological polar surface area (TPSA) is 66.0 Å². The van der Waals surface area contributed by atoms with E-state index in [9.17, 15) is 9.18 Å². The predicted octanol–water partition coefficient (Wildman–Crippen LogP) is 2.69. The van der Waals surface area contributed by atoms with E-state index in [0.717, 1.165) is 24.0 Å². The molecule has 2 aromatic carbocycles. The zero-order valence-electron chi connectivity index (χ0n) is 17.7. The molecule has 0 bridgehead atoms. The van der Waals surface area contributed by atoms with Crippen molar-refractivity contribution >= 4 is 11.9 Å². The van der Waals surface area contributed by atoms with Gasteiger partial charge in [0.05, 0.1) is 0 Å². The van der Waals surface area contributed by atoms with Gasteiger partial charge < -0.3 is 20.3 Å². The van der Waals surface area contributed by atoms with E-state index in [2.05, 4.69) is 15.6 Å². The van der Waals surface area contributed by atoms with Gasteiger partial charge in [0, 0.05) is 39.6 Å². The third-order valence-corrected chi connectivity index (χ3v) is 5.34. The SMILES string of the molecule is CN=C(NCc1cccc(OCC(=O)N(C)C)c1)NCC1(c2ccccc2F)CC1. The third-order valence-electron chi connectivity index (χ3n) is 5.34. The van der Waals surface area contributed by atoms with E-state index in [-0.39, 0.29) is 23.7 Å². The van der Waals surface area contributed by atoms with Crippen LogP contribution in [-0.4, -0.2) is 51.1 Å². The van der Waals surface area contributed by atoms with Gasteiger partial charge in [-0.15, -0.1) is 0 Å². The molecule has 2 aromatic rings. The molecule has 0 spiro atoms. The van der Waals surface area contributed by atoms with Gasteiger partial charge in [-0.3, -0.25) is 9.79 Å². The van der Waals surface area contributed by atoms with E-state index in [1.165, 1.54) is 11.0 Å². The van der Waals surface area contributed by atoms with Gasteiger partial charge in [0.25, 0.3) is 5.91 Å². The van der Waals surface area contributed by atoms with Gasteiger partial charge in [-0.1, -0.05) is 30.3 Å². The monoisotopic (exact) mass is 412 g/mol. The molecule has 0 saturated heterocycles. The minimum Gasteiger partial charge on any atom is -0.484 e. The fraction of sp³-hybridized carbons (Fsp3) is 0.391. The van der Waals surface area contributed by atoms with Gasteiger partial charge in [0.1, 0.15) is 11.6 Å². The van der Waals surface area contributed by atoms with Crippen LogP contribution in [0, 0.1) is 5.82 Å². The summed E-state index contributed by atoms with van der Waals surface area (Å²) < 4.78 is 19.7. The van der Waals surface area contributed by atoms with Crippen LogP contribution in [0.25, 0.3) is 0 Å². The van der Waals surface area contributed by atoms with Crippen LogP contribution in [0.3, 0.4) is 0 Å². The van der Waals surface area contributed by atoms with Gasteiger partial charge in [0.15, 0.2) is 12.6 Å². The molecule has 1 aliphatic carbocycles. The zero-order chi connectivity index (χ0) is 21.6. The van der Waals surface area contributed by atoms with E-state index < -0.39 is 0 Å². The van der Waals surface area contributed by atoms with E-state index in [1.54, 1.807) is 27.2 Å². The number of halogens is 1. The number of hydrogen-bond donors (Lipinski definition) is 2. The van der Waals surface area contributed by atoms with Crippen molar-refractivity contribution in [1.82, 2.24) is 15.5 Å². The zero-order valence-corrected chi connectivity index (χ0v) is 17.7. The first-order valence-electron chi connectivity index (χ1n) is 10.0. The molecule has 7 heteroatoms. The first kappa shape index (κ1) is 21.6. The van der Waals surface area contributed by atoms with Gasteiger partial charge in [-0.2, -0.15) is 0 Å². The number of benzene rings is 2. The van der Waals surface area contributed by atoms with Gasteiger partial charge in [-0.05, 0) is 42.2 Å². The molecule has 1 saturated carbocycles. The minimum atomic E-state index is -0.157. The average molecular weight is 413 g/mol. The number of ether oxygens (including phenoxy) is 1. The third kappa shape index (κ3) is 5.49. The number of hydrogen-bond acceptors (Lipinski definition) is 3. The van der Waals surface area contributed by atoms with Crippen molar-refractivity contribution in [3.05, 3.63) is 65.5 Å². The second-order valence-corrected chi connectivity index (χ2v) is 7.76. The predicted molar refractivity (Wildman–Crippen MR) is 116 cm³/mol. The first-order chi connectivity index (χ1) is 14.4. The van der Waals surface area contributed by atoms with Crippen molar-refractivity contribution in [3.8, 4) is 5.75 Å². The highest BCUT2D eigenvalue weighted by molar-refractivity contribution is 5.80. The standard InChI is InChI=1S/C23H29FN4O2/c1-25-22(27-16-23(11-12-23)19-9-4-5-10-20(19)24)26-14-17-7-6-8-18(13-17)30-15-21(29)28(2)3/h4-10,13H,11-12,14-16H2,1-3H3,(H2,25,26,27). The Hall–Kier alpha value is -3.09. The smallest absolute Gasteiger partial charge is 0.259 e. The quantitative estimate of drug-likeness (QED) is 0.517.